The van der Waals surface area contributed by atoms with Crippen LogP contribution in [-0.2, 0) is 38.4 Å². The van der Waals surface area contributed by atoms with Crippen LogP contribution in [0.15, 0.2) is 91.1 Å². The maximum Gasteiger partial charge on any atom is 0.326 e. The highest BCUT2D eigenvalue weighted by Crippen LogP contribution is 2.19. The van der Waals surface area contributed by atoms with Gasteiger partial charge < -0.3 is 31.8 Å². The molecule has 0 fully saturated rings. The number of benzene rings is 3. The number of hydrogen-bond acceptors (Lipinski definition) is 6. The van der Waals surface area contributed by atoms with Crippen LogP contribution in [0.5, 0.6) is 0 Å². The number of rotatable bonds is 14. The highest BCUT2D eigenvalue weighted by Gasteiger charge is 2.31. The average molecular weight is 602 g/mol. The van der Waals surface area contributed by atoms with Crippen LogP contribution in [-0.4, -0.2) is 63.7 Å². The van der Waals surface area contributed by atoms with Gasteiger partial charge in [0.2, 0.25) is 17.7 Å². The van der Waals surface area contributed by atoms with Gasteiger partial charge in [-0.3, -0.25) is 14.4 Å². The summed E-state index contributed by atoms with van der Waals surface area (Å²) >= 11 is 4.10. The van der Waals surface area contributed by atoms with Crippen LogP contribution in [0.2, 0.25) is 0 Å². The number of thiol groups is 1. The fourth-order valence-corrected chi connectivity index (χ4v) is 4.91. The third kappa shape index (κ3) is 8.69. The van der Waals surface area contributed by atoms with Gasteiger partial charge in [0.15, 0.2) is 0 Å². The first-order chi connectivity index (χ1) is 20.7. The van der Waals surface area contributed by atoms with Crippen molar-refractivity contribution >= 4 is 47.2 Å². The molecule has 4 unspecified atom stereocenters. The Labute approximate surface area is 254 Å². The van der Waals surface area contributed by atoms with Crippen molar-refractivity contribution in [3.8, 4) is 0 Å². The molecule has 43 heavy (non-hydrogen) atoms. The van der Waals surface area contributed by atoms with Gasteiger partial charge in [-0.05, 0) is 22.8 Å². The van der Waals surface area contributed by atoms with Gasteiger partial charge in [-0.15, -0.1) is 0 Å². The second-order valence-electron chi connectivity index (χ2n) is 10.3. The Morgan fingerprint density at radius 1 is 0.698 bits per heavy atom. The molecule has 0 aliphatic carbocycles. The maximum atomic E-state index is 13.8. The van der Waals surface area contributed by atoms with Crippen LogP contribution in [0.4, 0.5) is 0 Å². The number of carboxylic acids is 1. The zero-order chi connectivity index (χ0) is 30.8. The molecule has 4 rings (SSSR count). The van der Waals surface area contributed by atoms with Crippen LogP contribution in [0.1, 0.15) is 16.7 Å². The smallest absolute Gasteiger partial charge is 0.326 e. The average Bonchev–Trinajstić information content (AvgIpc) is 3.43. The van der Waals surface area contributed by atoms with E-state index in [-0.39, 0.29) is 25.0 Å². The fraction of sp³-hybridized carbons (Fsp3) is 0.250. The molecular formula is C32H35N5O5S. The Morgan fingerprint density at radius 3 is 1.77 bits per heavy atom. The second-order valence-corrected chi connectivity index (χ2v) is 10.6. The lowest BCUT2D eigenvalue weighted by atomic mass is 10.0. The highest BCUT2D eigenvalue weighted by molar-refractivity contribution is 7.80. The molecule has 1 heterocycles. The number of nitrogens with two attached hydrogens (primary N) is 1. The molecule has 0 aliphatic rings. The summed E-state index contributed by atoms with van der Waals surface area (Å²) in [5.41, 5.74) is 9.03. The molecule has 4 aromatic rings. The van der Waals surface area contributed by atoms with Gasteiger partial charge in [0, 0.05) is 42.1 Å². The minimum Gasteiger partial charge on any atom is -0.480 e. The third-order valence-electron chi connectivity index (χ3n) is 7.08. The van der Waals surface area contributed by atoms with Crippen molar-refractivity contribution in [2.45, 2.75) is 43.4 Å². The first kappa shape index (κ1) is 31.3. The number of H-pyrrole nitrogens is 1. The number of amides is 3. The van der Waals surface area contributed by atoms with E-state index in [2.05, 4.69) is 33.6 Å². The van der Waals surface area contributed by atoms with Gasteiger partial charge in [-0.1, -0.05) is 78.9 Å². The van der Waals surface area contributed by atoms with E-state index in [0.717, 1.165) is 27.6 Å². The Balaban J connectivity index is 1.58. The number of carbonyl (C=O) groups excluding carboxylic acids is 3. The minimum absolute atomic E-state index is 0.0643. The number of aliphatic carboxylic acids is 1. The Kier molecular flexibility index (Phi) is 11.0. The van der Waals surface area contributed by atoms with E-state index in [1.807, 2.05) is 48.5 Å². The number of hydrogen-bond donors (Lipinski definition) is 7. The largest absolute Gasteiger partial charge is 0.480 e. The predicted octanol–water partition coefficient (Wildman–Crippen LogP) is 1.99. The van der Waals surface area contributed by atoms with Crippen molar-refractivity contribution in [3.05, 3.63) is 108 Å². The zero-order valence-electron chi connectivity index (χ0n) is 23.4. The number of para-hydroxylation sites is 1. The lowest BCUT2D eigenvalue weighted by Crippen LogP contribution is -2.58. The molecule has 0 saturated carbocycles. The summed E-state index contributed by atoms with van der Waals surface area (Å²) in [6, 6.07) is 21.2. The monoisotopic (exact) mass is 601 g/mol. The summed E-state index contributed by atoms with van der Waals surface area (Å²) in [7, 11) is 0. The maximum absolute atomic E-state index is 13.8. The molecule has 3 aromatic carbocycles. The topological polar surface area (TPSA) is 166 Å². The van der Waals surface area contributed by atoms with Crippen LogP contribution in [0.3, 0.4) is 0 Å². The Bertz CT molecular complexity index is 1550. The number of fused-ring (bicyclic) bond motifs is 1. The molecule has 1 aromatic heterocycles. The molecule has 0 spiro atoms. The quantitative estimate of drug-likeness (QED) is 0.109. The zero-order valence-corrected chi connectivity index (χ0v) is 24.3. The number of carboxylic acid groups (broad SMARTS) is 1. The fourth-order valence-electron chi connectivity index (χ4n) is 4.74. The van der Waals surface area contributed by atoms with Crippen LogP contribution >= 0.6 is 12.6 Å². The molecule has 11 heteroatoms. The second kappa shape index (κ2) is 15.0. The number of aromatic nitrogens is 1. The van der Waals surface area contributed by atoms with Crippen LogP contribution in [0, 0.1) is 0 Å². The van der Waals surface area contributed by atoms with E-state index in [4.69, 9.17) is 5.73 Å². The first-order valence-corrected chi connectivity index (χ1v) is 14.5. The first-order valence-electron chi connectivity index (χ1n) is 13.9. The molecule has 0 aliphatic heterocycles. The molecular weight excluding hydrogens is 566 g/mol. The van der Waals surface area contributed by atoms with Gasteiger partial charge >= 0.3 is 5.97 Å². The van der Waals surface area contributed by atoms with Crippen molar-refractivity contribution in [2.75, 3.05) is 5.75 Å². The lowest BCUT2D eigenvalue weighted by molar-refractivity contribution is -0.142. The SMILES string of the molecule is NC(CS)C(=O)NC(Cc1c[nH]c2ccccc12)C(=O)NC(Cc1ccccc1)C(=O)NC(Cc1ccccc1)C(=O)O. The van der Waals surface area contributed by atoms with Crippen LogP contribution < -0.4 is 21.7 Å². The summed E-state index contributed by atoms with van der Waals surface area (Å²) in [4.78, 5) is 55.4. The number of nitrogens with one attached hydrogen (secondary N) is 4. The van der Waals surface area contributed by atoms with Gasteiger partial charge in [-0.2, -0.15) is 12.6 Å². The van der Waals surface area contributed by atoms with Crippen molar-refractivity contribution in [3.63, 3.8) is 0 Å². The van der Waals surface area contributed by atoms with E-state index < -0.39 is 47.9 Å². The Morgan fingerprint density at radius 2 is 1.19 bits per heavy atom. The summed E-state index contributed by atoms with van der Waals surface area (Å²) in [5, 5.41) is 18.8. The third-order valence-corrected chi connectivity index (χ3v) is 7.47. The predicted molar refractivity (Wildman–Crippen MR) is 168 cm³/mol. The number of aromatic amines is 1. The summed E-state index contributed by atoms with van der Waals surface area (Å²) in [6.07, 6.45) is 2.05. The number of carbonyl (C=O) groups is 4. The molecule has 4 atom stereocenters. The molecule has 7 N–H and O–H groups in total. The van der Waals surface area contributed by atoms with Crippen molar-refractivity contribution in [2.24, 2.45) is 5.73 Å². The van der Waals surface area contributed by atoms with E-state index in [1.165, 1.54) is 0 Å². The van der Waals surface area contributed by atoms with Gasteiger partial charge in [-0.25, -0.2) is 4.79 Å². The summed E-state index contributed by atoms with van der Waals surface area (Å²) < 4.78 is 0. The molecule has 0 radical (unpaired) electrons. The molecule has 10 nitrogen and oxygen atoms in total. The van der Waals surface area contributed by atoms with Gasteiger partial charge in [0.1, 0.15) is 18.1 Å². The summed E-state index contributed by atoms with van der Waals surface area (Å²) in [5.74, 6) is -2.97. The van der Waals surface area contributed by atoms with Gasteiger partial charge in [0.05, 0.1) is 6.04 Å². The van der Waals surface area contributed by atoms with E-state index in [1.54, 1.807) is 42.6 Å². The Hall–Kier alpha value is -4.61. The van der Waals surface area contributed by atoms with Crippen molar-refractivity contribution in [1.29, 1.82) is 0 Å². The normalized spacial score (nSPS) is 13.8. The van der Waals surface area contributed by atoms with Crippen LogP contribution in [0.25, 0.3) is 10.9 Å². The van der Waals surface area contributed by atoms with Crippen molar-refractivity contribution in [1.82, 2.24) is 20.9 Å². The molecule has 0 bridgehead atoms. The highest BCUT2D eigenvalue weighted by atomic mass is 32.1. The molecule has 0 saturated heterocycles. The van der Waals surface area contributed by atoms with E-state index in [9.17, 15) is 24.3 Å². The van der Waals surface area contributed by atoms with E-state index >= 15 is 0 Å². The molecule has 224 valence electrons. The molecule has 3 amide bonds. The summed E-state index contributed by atoms with van der Waals surface area (Å²) in [6.45, 7) is 0. The minimum atomic E-state index is -1.22. The van der Waals surface area contributed by atoms with Gasteiger partial charge in [0.25, 0.3) is 0 Å². The lowest BCUT2D eigenvalue weighted by Gasteiger charge is -2.25. The standard InChI is InChI=1S/C32H35N5O5S/c33-24(19-43)29(38)35-27(17-22-18-34-25-14-8-7-13-23(22)25)31(40)36-26(15-20-9-3-1-4-10-20)30(39)37-28(32(41)42)16-21-11-5-2-6-12-21/h1-14,18,24,26-28,34,43H,15-17,19,33H2,(H,35,38)(H,36,40)(H,37,39)(H,41,42). The van der Waals surface area contributed by atoms with E-state index in [0.29, 0.717) is 0 Å². The van der Waals surface area contributed by atoms with Crippen molar-refractivity contribution < 1.29 is 24.3 Å².